The van der Waals surface area contributed by atoms with Crippen LogP contribution in [0.1, 0.15) is 79.4 Å². The van der Waals surface area contributed by atoms with Crippen LogP contribution in [0.3, 0.4) is 0 Å². The number of phenolic OH excluding ortho intramolecular Hbond substituents is 4. The Balaban J connectivity index is 1.67. The zero-order valence-electron chi connectivity index (χ0n) is 50.1. The van der Waals surface area contributed by atoms with Gasteiger partial charge in [-0.2, -0.15) is 0 Å². The van der Waals surface area contributed by atoms with E-state index in [0.29, 0.717) is 23.3 Å². The van der Waals surface area contributed by atoms with Crippen LogP contribution in [0.5, 0.6) is 23.0 Å². The van der Waals surface area contributed by atoms with Crippen molar-refractivity contribution in [2.75, 3.05) is 71.1 Å². The number of aromatic hydroxyl groups is 4. The van der Waals surface area contributed by atoms with Gasteiger partial charge in [0, 0.05) is 107 Å². The molecule has 0 fully saturated rings. The first-order valence-corrected chi connectivity index (χ1v) is 27.3. The average Bonchev–Trinajstić information content (AvgIpc) is 2.68. The minimum atomic E-state index is -1.06. The third-order valence-corrected chi connectivity index (χ3v) is 14.3. The molecule has 4 bridgehead atoms. The molecular weight excluding hydrogens is 1090 g/mol. The summed E-state index contributed by atoms with van der Waals surface area (Å²) in [5.41, 5.74) is 12.8. The Kier molecular flexibility index (Phi) is 26.1. The zero-order chi connectivity index (χ0) is 62.7. The van der Waals surface area contributed by atoms with Gasteiger partial charge in [-0.3, -0.25) is 29.1 Å². The van der Waals surface area contributed by atoms with Gasteiger partial charge in [0.15, 0.2) is 17.7 Å². The van der Waals surface area contributed by atoms with Crippen molar-refractivity contribution in [1.82, 2.24) is 4.90 Å². The van der Waals surface area contributed by atoms with Crippen molar-refractivity contribution in [2.24, 2.45) is 34.2 Å². The number of rotatable bonds is 13. The molecule has 2 aromatic carbocycles. The van der Waals surface area contributed by atoms with Crippen molar-refractivity contribution in [2.45, 2.75) is 111 Å². The maximum atomic E-state index is 13.9. The molecule has 84 heavy (non-hydrogen) atoms. The predicted molar refractivity (Wildman–Crippen MR) is 320 cm³/mol. The average molecular weight is 1170 g/mol. The smallest absolute Gasteiger partial charge is 0.405 e. The first-order chi connectivity index (χ1) is 39.6. The Labute approximate surface area is 490 Å². The lowest BCUT2D eigenvalue weighted by molar-refractivity contribution is -0.131. The number of likely N-dealkylation sites (N-methyl/N-ethyl adjacent to an activating group) is 1. The summed E-state index contributed by atoms with van der Waals surface area (Å²) in [6.07, 6.45) is 8.01. The molecule has 4 rings (SSSR count). The van der Waals surface area contributed by atoms with Gasteiger partial charge in [0.05, 0.1) is 17.1 Å². The lowest BCUT2D eigenvalue weighted by atomic mass is 9.89. The van der Waals surface area contributed by atoms with E-state index >= 15 is 0 Å². The van der Waals surface area contributed by atoms with Crippen molar-refractivity contribution in [3.8, 4) is 23.0 Å². The number of nitrogens with two attached hydrogens (primary N) is 2. The Morgan fingerprint density at radius 1 is 0.750 bits per heavy atom. The predicted octanol–water partition coefficient (Wildman–Crippen LogP) is 7.82. The maximum Gasteiger partial charge on any atom is 0.405 e. The van der Waals surface area contributed by atoms with Gasteiger partial charge < -0.3 is 76.3 Å². The second kappa shape index (κ2) is 32.1. The van der Waals surface area contributed by atoms with Crippen LogP contribution >= 0.6 is 0 Å². The second-order valence-corrected chi connectivity index (χ2v) is 21.1. The molecule has 23 heteroatoms. The van der Waals surface area contributed by atoms with Crippen LogP contribution in [-0.4, -0.2) is 159 Å². The standard InChI is InChI=1S/C61H83N7O16/c1-32-24-40-50(44(69)30-42(54(40)73)66-58(75)34(3)16-14-18-46(79-10)56(83-60(62)77)38(7)28-36(5)52(71)48(26-32)81-12)64-20-22-68(9)23-21-65-51-41-25-33(2)27-49(82-13)53(72)37(6)29-39(8)57(84-61(63)78)47(80-11)19-15-17-35(4)59(76)67-43(55(41)74)31-45(51)70/h14-20,25,28-32,37-38,46-49,56-57,65,69-70,73-74H,21-24,26-27H2,1-13H3,(H2,62,77)(H2,63,78)(H,66,75)(H,67,76)/t32-,37+,38?,46+,47+,48+,49+,56+,57+/m1/s1. The molecule has 458 valence electrons. The number of fused-ring (bicyclic) bond motifs is 4. The lowest BCUT2D eigenvalue weighted by Crippen LogP contribution is -2.38. The van der Waals surface area contributed by atoms with E-state index in [2.05, 4.69) is 20.9 Å². The van der Waals surface area contributed by atoms with Crippen molar-refractivity contribution < 1.29 is 77.6 Å². The number of nitrogens with one attached hydrogen (secondary N) is 3. The quantitative estimate of drug-likeness (QED) is 0.0399. The highest BCUT2D eigenvalue weighted by Crippen LogP contribution is 2.45. The number of methoxy groups -OCH3 is 4. The summed E-state index contributed by atoms with van der Waals surface area (Å²) in [6.45, 7) is 14.0. The highest BCUT2D eigenvalue weighted by Gasteiger charge is 2.32. The highest BCUT2D eigenvalue weighted by molar-refractivity contribution is 6.06. The number of phenols is 4. The third-order valence-electron chi connectivity index (χ3n) is 14.3. The van der Waals surface area contributed by atoms with Crippen LogP contribution in [0.4, 0.5) is 32.3 Å². The van der Waals surface area contributed by atoms with Crippen LogP contribution < -0.4 is 27.4 Å². The highest BCUT2D eigenvalue weighted by atomic mass is 16.6. The van der Waals surface area contributed by atoms with Gasteiger partial charge in [-0.15, -0.1) is 0 Å². The van der Waals surface area contributed by atoms with Gasteiger partial charge in [0.1, 0.15) is 59.2 Å². The van der Waals surface area contributed by atoms with Gasteiger partial charge >= 0.3 is 12.2 Å². The molecule has 0 saturated carbocycles. The normalized spacial score (nSPS) is 23.9. The van der Waals surface area contributed by atoms with E-state index in [1.54, 1.807) is 72.0 Å². The number of amides is 4. The monoisotopic (exact) mass is 1170 g/mol. The number of hydrogen-bond donors (Lipinski definition) is 9. The molecule has 23 nitrogen and oxygen atoms in total. The first kappa shape index (κ1) is 68.4. The number of Topliss-reactive ketones (excluding diaryl/α,β-unsaturated/α-hetero) is 2. The summed E-state index contributed by atoms with van der Waals surface area (Å²) in [5, 5.41) is 55.2. The Hall–Kier alpha value is -8.09. The van der Waals surface area contributed by atoms with E-state index < -0.39 is 72.5 Å². The minimum absolute atomic E-state index is 0.0168. The van der Waals surface area contributed by atoms with Crippen molar-refractivity contribution in [3.05, 3.63) is 99.7 Å². The fourth-order valence-electron chi connectivity index (χ4n) is 9.65. The number of allylic oxidation sites excluding steroid dienone is 5. The molecule has 4 amide bonds. The summed E-state index contributed by atoms with van der Waals surface area (Å²) >= 11 is 0. The Morgan fingerprint density at radius 2 is 1.32 bits per heavy atom. The number of nitrogens with zero attached hydrogens (tertiary/aromatic N) is 2. The molecule has 2 aliphatic heterocycles. The van der Waals surface area contributed by atoms with E-state index in [4.69, 9.17) is 39.9 Å². The number of carbonyl (C=O) groups excluding carboxylic acids is 6. The Morgan fingerprint density at radius 3 is 1.89 bits per heavy atom. The fraction of sp³-hybridized carbons (Fsp3) is 0.459. The third kappa shape index (κ3) is 19.0. The second-order valence-electron chi connectivity index (χ2n) is 21.1. The molecule has 2 aromatic rings. The molecule has 1 unspecified atom stereocenters. The lowest BCUT2D eigenvalue weighted by Gasteiger charge is -2.27. The number of hydrogen-bond acceptors (Lipinski definition) is 19. The van der Waals surface area contributed by atoms with E-state index in [9.17, 15) is 49.2 Å². The zero-order valence-corrected chi connectivity index (χ0v) is 50.1. The van der Waals surface area contributed by atoms with E-state index in [1.165, 1.54) is 84.9 Å². The molecular formula is C61H83N7O16. The number of primary amides is 2. The molecule has 0 aliphatic carbocycles. The summed E-state index contributed by atoms with van der Waals surface area (Å²) in [6, 6.07) is 2.38. The van der Waals surface area contributed by atoms with Crippen LogP contribution in [0.2, 0.25) is 0 Å². The Bertz CT molecular complexity index is 2990. The summed E-state index contributed by atoms with van der Waals surface area (Å²) in [4.78, 5) is 85.3. The SMILES string of the molecule is CO[C@H]1C[C@H](C)Cc2c(O)c(cc(O)c2N=CCN(C)CCNc2c(O)cc3c(O)c2C=C(C)C[C@H](OC)C(=O)[C@@H](C)C=C(C)[C@H](OC(N)=O)[C@@H](OC)C=CC=C(C)C(=O)N3)NC(=O)C(C)=CC=C[C@H](OC)[C@@H](OC(N)=O)C(C)C=C(C)C1=O. The number of ether oxygens (including phenoxy) is 6. The summed E-state index contributed by atoms with van der Waals surface area (Å²) < 4.78 is 33.5. The van der Waals surface area contributed by atoms with Gasteiger partial charge in [-0.05, 0) is 77.6 Å². The van der Waals surface area contributed by atoms with Crippen LogP contribution in [0.25, 0.3) is 6.08 Å². The van der Waals surface area contributed by atoms with Gasteiger partial charge in [0.2, 0.25) is 0 Å². The number of anilines is 3. The molecule has 2 heterocycles. The molecule has 0 spiro atoms. The van der Waals surface area contributed by atoms with Crippen LogP contribution in [-0.2, 0) is 54.0 Å². The van der Waals surface area contributed by atoms with Crippen molar-refractivity contribution in [3.63, 3.8) is 0 Å². The molecule has 2 aliphatic rings. The summed E-state index contributed by atoms with van der Waals surface area (Å²) in [5.74, 6) is -5.02. The van der Waals surface area contributed by atoms with Gasteiger partial charge in [-0.25, -0.2) is 9.59 Å². The van der Waals surface area contributed by atoms with Gasteiger partial charge in [0.25, 0.3) is 11.8 Å². The van der Waals surface area contributed by atoms with E-state index in [1.807, 2.05) is 11.8 Å². The molecule has 9 atom stereocenters. The maximum absolute atomic E-state index is 13.9. The largest absolute Gasteiger partial charge is 0.506 e. The van der Waals surface area contributed by atoms with E-state index in [0.717, 1.165) is 0 Å². The number of benzene rings is 2. The number of ketones is 2. The first-order valence-electron chi connectivity index (χ1n) is 27.3. The summed E-state index contributed by atoms with van der Waals surface area (Å²) in [7, 11) is 7.38. The van der Waals surface area contributed by atoms with E-state index in [-0.39, 0.29) is 118 Å². The number of aliphatic imine (C=N–C) groups is 1. The van der Waals surface area contributed by atoms with Crippen molar-refractivity contribution >= 4 is 70.6 Å². The fourth-order valence-corrected chi connectivity index (χ4v) is 9.65. The van der Waals surface area contributed by atoms with Gasteiger partial charge in [-0.1, -0.05) is 75.0 Å². The van der Waals surface area contributed by atoms with Crippen LogP contribution in [0.15, 0.2) is 93.6 Å². The molecule has 0 saturated heterocycles. The minimum Gasteiger partial charge on any atom is -0.506 e. The molecule has 11 N–H and O–H groups in total. The molecule has 0 aromatic heterocycles. The topological polar surface area (TPSA) is 342 Å². The van der Waals surface area contributed by atoms with Crippen molar-refractivity contribution in [1.29, 1.82) is 0 Å². The van der Waals surface area contributed by atoms with Crippen LogP contribution in [0, 0.1) is 17.8 Å². The molecule has 0 radical (unpaired) electrons. The number of carbonyl (C=O) groups is 6.